The van der Waals surface area contributed by atoms with E-state index in [0.29, 0.717) is 36.1 Å². The number of imidazole rings is 1. The monoisotopic (exact) mass is 426 g/mol. The van der Waals surface area contributed by atoms with Crippen LogP contribution in [0.3, 0.4) is 0 Å². The smallest absolute Gasteiger partial charge is 0.252 e. The number of rotatable bonds is 4. The molecule has 2 N–H and O–H groups in total. The van der Waals surface area contributed by atoms with Crippen molar-refractivity contribution in [1.82, 2.24) is 24.3 Å². The summed E-state index contributed by atoms with van der Waals surface area (Å²) in [5.41, 5.74) is 0.691. The number of aliphatic hydroxyl groups is 1. The standard InChI is InChI=1S/C22H27FN6O2/c1-22(2,3)19(30)21(31)28-10-4-5-15(13-28)26-17-8-9-24-20(27-17)16-11-25-18-7-6-14(23)12-29(16)18/h6-9,11-12,15,19,30H,4-5,10,13H2,1-3H3,(H,24,26,27). The Morgan fingerprint density at radius 2 is 2.10 bits per heavy atom. The van der Waals surface area contributed by atoms with Crippen LogP contribution in [0, 0.1) is 11.2 Å². The average molecular weight is 426 g/mol. The zero-order valence-corrected chi connectivity index (χ0v) is 17.9. The van der Waals surface area contributed by atoms with Gasteiger partial charge >= 0.3 is 0 Å². The summed E-state index contributed by atoms with van der Waals surface area (Å²) in [6, 6.07) is 4.73. The molecule has 1 aliphatic rings. The lowest BCUT2D eigenvalue weighted by Crippen LogP contribution is -2.51. The highest BCUT2D eigenvalue weighted by Gasteiger charge is 2.34. The Bertz CT molecular complexity index is 1090. The number of hydrogen-bond donors (Lipinski definition) is 2. The molecule has 0 spiro atoms. The van der Waals surface area contributed by atoms with Crippen molar-refractivity contribution in [2.24, 2.45) is 5.41 Å². The van der Waals surface area contributed by atoms with E-state index >= 15 is 0 Å². The first-order valence-electron chi connectivity index (χ1n) is 10.4. The first-order chi connectivity index (χ1) is 14.7. The average Bonchev–Trinajstić information content (AvgIpc) is 3.15. The second-order valence-corrected chi connectivity index (χ2v) is 9.02. The van der Waals surface area contributed by atoms with Crippen LogP contribution in [0.5, 0.6) is 0 Å². The van der Waals surface area contributed by atoms with E-state index in [1.807, 2.05) is 20.8 Å². The van der Waals surface area contributed by atoms with Crippen LogP contribution in [0.2, 0.25) is 0 Å². The molecular formula is C22H27FN6O2. The molecule has 0 aromatic carbocycles. The van der Waals surface area contributed by atoms with Crippen molar-refractivity contribution in [2.45, 2.75) is 45.8 Å². The number of nitrogens with zero attached hydrogens (tertiary/aromatic N) is 5. The van der Waals surface area contributed by atoms with Crippen LogP contribution in [0.4, 0.5) is 10.2 Å². The number of piperidine rings is 1. The van der Waals surface area contributed by atoms with E-state index < -0.39 is 11.5 Å². The summed E-state index contributed by atoms with van der Waals surface area (Å²) < 4.78 is 15.3. The maximum absolute atomic E-state index is 13.7. The summed E-state index contributed by atoms with van der Waals surface area (Å²) in [5, 5.41) is 13.7. The van der Waals surface area contributed by atoms with Crippen LogP contribution >= 0.6 is 0 Å². The third-order valence-electron chi connectivity index (χ3n) is 5.49. The third kappa shape index (κ3) is 4.51. The molecule has 0 radical (unpaired) electrons. The van der Waals surface area contributed by atoms with E-state index in [0.717, 1.165) is 12.8 Å². The Kier molecular flexibility index (Phi) is 5.62. The number of amides is 1. The van der Waals surface area contributed by atoms with Crippen LogP contribution in [0.1, 0.15) is 33.6 Å². The molecule has 0 bridgehead atoms. The maximum atomic E-state index is 13.7. The number of aliphatic hydroxyl groups excluding tert-OH is 1. The highest BCUT2D eigenvalue weighted by Crippen LogP contribution is 2.24. The van der Waals surface area contributed by atoms with Gasteiger partial charge in [-0.1, -0.05) is 20.8 Å². The molecule has 1 aliphatic heterocycles. The molecule has 4 rings (SSSR count). The lowest BCUT2D eigenvalue weighted by molar-refractivity contribution is -0.146. The van der Waals surface area contributed by atoms with Crippen LogP contribution in [-0.2, 0) is 4.79 Å². The van der Waals surface area contributed by atoms with Gasteiger partial charge in [0.15, 0.2) is 5.82 Å². The number of aromatic nitrogens is 4. The molecule has 1 saturated heterocycles. The van der Waals surface area contributed by atoms with Crippen molar-refractivity contribution in [3.05, 3.63) is 42.6 Å². The zero-order chi connectivity index (χ0) is 22.2. The van der Waals surface area contributed by atoms with E-state index in [4.69, 9.17) is 0 Å². The maximum Gasteiger partial charge on any atom is 0.252 e. The number of nitrogens with one attached hydrogen (secondary N) is 1. The van der Waals surface area contributed by atoms with Gasteiger partial charge in [0.1, 0.15) is 29.1 Å². The summed E-state index contributed by atoms with van der Waals surface area (Å²) in [6.07, 6.45) is 5.29. The lowest BCUT2D eigenvalue weighted by Gasteiger charge is -2.37. The number of fused-ring (bicyclic) bond motifs is 1. The largest absolute Gasteiger partial charge is 0.383 e. The summed E-state index contributed by atoms with van der Waals surface area (Å²) >= 11 is 0. The number of halogens is 1. The van der Waals surface area contributed by atoms with Gasteiger partial charge in [0.2, 0.25) is 0 Å². The number of carbonyl (C=O) groups excluding carboxylic acids is 1. The number of hydrogen-bond acceptors (Lipinski definition) is 6. The minimum absolute atomic E-state index is 0.00671. The fraction of sp³-hybridized carbons (Fsp3) is 0.455. The molecule has 8 nitrogen and oxygen atoms in total. The highest BCUT2D eigenvalue weighted by molar-refractivity contribution is 5.81. The van der Waals surface area contributed by atoms with E-state index in [-0.39, 0.29) is 17.8 Å². The van der Waals surface area contributed by atoms with Crippen molar-refractivity contribution in [2.75, 3.05) is 18.4 Å². The first kappa shape index (κ1) is 21.2. The summed E-state index contributed by atoms with van der Waals surface area (Å²) in [5.74, 6) is 0.433. The molecule has 0 saturated carbocycles. The fourth-order valence-electron chi connectivity index (χ4n) is 3.73. The van der Waals surface area contributed by atoms with E-state index in [1.165, 1.54) is 12.3 Å². The molecule has 2 atom stereocenters. The van der Waals surface area contributed by atoms with Crippen molar-refractivity contribution in [3.63, 3.8) is 0 Å². The van der Waals surface area contributed by atoms with Gasteiger partial charge < -0.3 is 15.3 Å². The van der Waals surface area contributed by atoms with Gasteiger partial charge in [-0.3, -0.25) is 9.20 Å². The Balaban J connectivity index is 1.50. The van der Waals surface area contributed by atoms with Crippen molar-refractivity contribution >= 4 is 17.4 Å². The second-order valence-electron chi connectivity index (χ2n) is 9.02. The number of likely N-dealkylation sites (tertiary alicyclic amines) is 1. The van der Waals surface area contributed by atoms with Crippen molar-refractivity contribution < 1.29 is 14.3 Å². The Morgan fingerprint density at radius 3 is 2.87 bits per heavy atom. The van der Waals surface area contributed by atoms with E-state index in [9.17, 15) is 14.3 Å². The molecular weight excluding hydrogens is 399 g/mol. The molecule has 3 aromatic rings. The van der Waals surface area contributed by atoms with E-state index in [1.54, 1.807) is 33.8 Å². The Labute approximate surface area is 180 Å². The summed E-state index contributed by atoms with van der Waals surface area (Å²) in [4.78, 5) is 27.6. The Hall–Kier alpha value is -3.07. The normalized spacial score (nSPS) is 18.2. The minimum Gasteiger partial charge on any atom is -0.383 e. The van der Waals surface area contributed by atoms with Gasteiger partial charge in [-0.05, 0) is 36.5 Å². The van der Waals surface area contributed by atoms with Gasteiger partial charge in [-0.15, -0.1) is 0 Å². The quantitative estimate of drug-likeness (QED) is 0.666. The third-order valence-corrected chi connectivity index (χ3v) is 5.49. The number of pyridine rings is 1. The molecule has 1 amide bonds. The van der Waals surface area contributed by atoms with Gasteiger partial charge in [0.05, 0.1) is 6.20 Å². The summed E-state index contributed by atoms with van der Waals surface area (Å²) in [6.45, 7) is 6.68. The molecule has 4 heterocycles. The van der Waals surface area contributed by atoms with Gasteiger partial charge in [0.25, 0.3) is 5.91 Å². The Morgan fingerprint density at radius 1 is 1.29 bits per heavy atom. The number of carbonyl (C=O) groups is 1. The molecule has 3 aromatic heterocycles. The molecule has 0 aliphatic carbocycles. The van der Waals surface area contributed by atoms with E-state index in [2.05, 4.69) is 20.3 Å². The van der Waals surface area contributed by atoms with Crippen LogP contribution in [0.15, 0.2) is 36.8 Å². The summed E-state index contributed by atoms with van der Waals surface area (Å²) in [7, 11) is 0. The lowest BCUT2D eigenvalue weighted by atomic mass is 9.88. The SMILES string of the molecule is CC(C)(C)C(O)C(=O)N1CCCC(Nc2ccnc(-c3cnc4ccc(F)cn34)n2)C1. The first-order valence-corrected chi connectivity index (χ1v) is 10.4. The van der Waals surface area contributed by atoms with Gasteiger partial charge in [0, 0.05) is 31.5 Å². The van der Waals surface area contributed by atoms with Crippen LogP contribution in [-0.4, -0.2) is 60.5 Å². The molecule has 31 heavy (non-hydrogen) atoms. The van der Waals surface area contributed by atoms with Crippen molar-refractivity contribution in [1.29, 1.82) is 0 Å². The topological polar surface area (TPSA) is 95.7 Å². The molecule has 1 fully saturated rings. The predicted molar refractivity (Wildman–Crippen MR) is 115 cm³/mol. The van der Waals surface area contributed by atoms with Gasteiger partial charge in [-0.2, -0.15) is 0 Å². The van der Waals surface area contributed by atoms with Gasteiger partial charge in [-0.25, -0.2) is 19.3 Å². The highest BCUT2D eigenvalue weighted by atomic mass is 19.1. The van der Waals surface area contributed by atoms with Crippen molar-refractivity contribution in [3.8, 4) is 11.5 Å². The number of anilines is 1. The molecule has 2 unspecified atom stereocenters. The minimum atomic E-state index is -1.03. The second kappa shape index (κ2) is 8.22. The molecule has 164 valence electrons. The zero-order valence-electron chi connectivity index (χ0n) is 17.9. The van der Waals surface area contributed by atoms with Crippen LogP contribution in [0.25, 0.3) is 17.2 Å². The fourth-order valence-corrected chi connectivity index (χ4v) is 3.73. The van der Waals surface area contributed by atoms with Crippen LogP contribution < -0.4 is 5.32 Å². The molecule has 9 heteroatoms. The predicted octanol–water partition coefficient (Wildman–Crippen LogP) is 2.74.